The van der Waals surface area contributed by atoms with Crippen LogP contribution >= 0.6 is 23.4 Å². The Morgan fingerprint density at radius 2 is 1.83 bits per heavy atom. The summed E-state index contributed by atoms with van der Waals surface area (Å²) in [5.74, 6) is 1.07. The van der Waals surface area contributed by atoms with Gasteiger partial charge in [0.1, 0.15) is 0 Å². The molecule has 0 radical (unpaired) electrons. The van der Waals surface area contributed by atoms with Gasteiger partial charge in [-0.25, -0.2) is 0 Å². The van der Waals surface area contributed by atoms with Crippen molar-refractivity contribution in [3.05, 3.63) is 65.2 Å². The van der Waals surface area contributed by atoms with Gasteiger partial charge in [0.25, 0.3) is 0 Å². The molecular formula is C15H16ClNS. The maximum atomic E-state index is 5.93. The van der Waals surface area contributed by atoms with Crippen molar-refractivity contribution < 1.29 is 0 Å². The van der Waals surface area contributed by atoms with E-state index in [1.807, 2.05) is 36.0 Å². The fraction of sp³-hybridized carbons (Fsp3) is 0.200. The Labute approximate surface area is 118 Å². The van der Waals surface area contributed by atoms with E-state index in [0.717, 1.165) is 23.9 Å². The van der Waals surface area contributed by atoms with E-state index in [0.29, 0.717) is 0 Å². The average molecular weight is 278 g/mol. The van der Waals surface area contributed by atoms with Gasteiger partial charge in [0, 0.05) is 28.8 Å². The highest BCUT2D eigenvalue weighted by Gasteiger charge is 1.95. The molecule has 0 aliphatic rings. The molecule has 94 valence electrons. The predicted molar refractivity (Wildman–Crippen MR) is 80.3 cm³/mol. The lowest BCUT2D eigenvalue weighted by Crippen LogP contribution is -2.16. The third kappa shape index (κ3) is 4.73. The zero-order valence-corrected chi connectivity index (χ0v) is 11.7. The molecule has 18 heavy (non-hydrogen) atoms. The summed E-state index contributed by atoms with van der Waals surface area (Å²) < 4.78 is 0. The van der Waals surface area contributed by atoms with E-state index in [2.05, 4.69) is 35.6 Å². The van der Waals surface area contributed by atoms with Gasteiger partial charge in [-0.2, -0.15) is 0 Å². The third-order valence-electron chi connectivity index (χ3n) is 2.51. The summed E-state index contributed by atoms with van der Waals surface area (Å²) in [6.45, 7) is 1.86. The second kappa shape index (κ2) is 7.47. The van der Waals surface area contributed by atoms with E-state index >= 15 is 0 Å². The van der Waals surface area contributed by atoms with Crippen molar-refractivity contribution in [2.75, 3.05) is 12.3 Å². The Hall–Kier alpha value is -0.960. The molecule has 2 aromatic rings. The fourth-order valence-corrected chi connectivity index (χ4v) is 2.68. The molecule has 0 bridgehead atoms. The Morgan fingerprint density at radius 1 is 1.00 bits per heavy atom. The maximum Gasteiger partial charge on any atom is 0.0409 e. The van der Waals surface area contributed by atoms with Crippen LogP contribution in [0.5, 0.6) is 0 Å². The van der Waals surface area contributed by atoms with Crippen molar-refractivity contribution >= 4 is 23.4 Å². The molecule has 3 heteroatoms. The molecule has 0 saturated carbocycles. The number of hydrogen-bond acceptors (Lipinski definition) is 2. The van der Waals surface area contributed by atoms with E-state index < -0.39 is 0 Å². The average Bonchev–Trinajstić information content (AvgIpc) is 2.40. The highest BCUT2D eigenvalue weighted by atomic mass is 35.5. The highest BCUT2D eigenvalue weighted by molar-refractivity contribution is 7.99. The largest absolute Gasteiger partial charge is 0.312 e. The molecule has 0 aromatic heterocycles. The van der Waals surface area contributed by atoms with Crippen molar-refractivity contribution in [2.24, 2.45) is 0 Å². The number of halogens is 1. The van der Waals surface area contributed by atoms with Crippen LogP contribution in [0.1, 0.15) is 5.56 Å². The van der Waals surface area contributed by atoms with Crippen LogP contribution in [0.3, 0.4) is 0 Å². The summed E-state index contributed by atoms with van der Waals surface area (Å²) in [7, 11) is 0. The zero-order chi connectivity index (χ0) is 12.6. The van der Waals surface area contributed by atoms with Crippen LogP contribution in [0.2, 0.25) is 5.02 Å². The lowest BCUT2D eigenvalue weighted by Gasteiger charge is -2.05. The van der Waals surface area contributed by atoms with Gasteiger partial charge >= 0.3 is 0 Å². The van der Waals surface area contributed by atoms with Gasteiger partial charge in [-0.05, 0) is 29.8 Å². The Morgan fingerprint density at radius 3 is 2.61 bits per heavy atom. The number of benzene rings is 2. The first-order valence-electron chi connectivity index (χ1n) is 5.97. The summed E-state index contributed by atoms with van der Waals surface area (Å²) in [5.41, 5.74) is 1.23. The van der Waals surface area contributed by atoms with Gasteiger partial charge in [-0.15, -0.1) is 11.8 Å². The first-order chi connectivity index (χ1) is 8.84. The quantitative estimate of drug-likeness (QED) is 0.627. The minimum Gasteiger partial charge on any atom is -0.312 e. The van der Waals surface area contributed by atoms with Crippen molar-refractivity contribution in [3.63, 3.8) is 0 Å². The van der Waals surface area contributed by atoms with E-state index in [-0.39, 0.29) is 0 Å². The summed E-state index contributed by atoms with van der Waals surface area (Å²) in [6.07, 6.45) is 0. The molecule has 0 unspecified atom stereocenters. The van der Waals surface area contributed by atoms with Crippen molar-refractivity contribution in [1.29, 1.82) is 0 Å². The number of hydrogen-bond donors (Lipinski definition) is 1. The predicted octanol–water partition coefficient (Wildman–Crippen LogP) is 4.22. The second-order valence-electron chi connectivity index (χ2n) is 3.97. The topological polar surface area (TPSA) is 12.0 Å². The van der Waals surface area contributed by atoms with Crippen LogP contribution in [0.4, 0.5) is 0 Å². The van der Waals surface area contributed by atoms with Crippen LogP contribution in [0.15, 0.2) is 59.5 Å². The van der Waals surface area contributed by atoms with Crippen LogP contribution in [0, 0.1) is 0 Å². The molecule has 2 rings (SSSR count). The minimum absolute atomic E-state index is 0.799. The standard InChI is InChI=1S/C15H16ClNS/c16-14-6-4-5-13(11-14)12-17-9-10-18-15-7-2-1-3-8-15/h1-8,11,17H,9-10,12H2. The summed E-state index contributed by atoms with van der Waals surface area (Å²) in [5, 5.41) is 4.22. The monoisotopic (exact) mass is 277 g/mol. The molecule has 1 nitrogen and oxygen atoms in total. The Bertz CT molecular complexity index is 473. The van der Waals surface area contributed by atoms with Gasteiger partial charge in [0.2, 0.25) is 0 Å². The molecule has 0 atom stereocenters. The smallest absolute Gasteiger partial charge is 0.0409 e. The molecule has 0 heterocycles. The van der Waals surface area contributed by atoms with Crippen LogP contribution in [-0.4, -0.2) is 12.3 Å². The number of thioether (sulfide) groups is 1. The molecule has 0 saturated heterocycles. The third-order valence-corrected chi connectivity index (χ3v) is 3.76. The maximum absolute atomic E-state index is 5.93. The zero-order valence-electron chi connectivity index (χ0n) is 10.1. The van der Waals surface area contributed by atoms with Crippen LogP contribution in [0.25, 0.3) is 0 Å². The van der Waals surface area contributed by atoms with E-state index in [1.54, 1.807) is 0 Å². The molecule has 0 aliphatic carbocycles. The van der Waals surface area contributed by atoms with Gasteiger partial charge in [0.15, 0.2) is 0 Å². The van der Waals surface area contributed by atoms with E-state index in [1.165, 1.54) is 10.5 Å². The fourth-order valence-electron chi connectivity index (χ4n) is 1.64. The Kier molecular flexibility index (Phi) is 5.59. The van der Waals surface area contributed by atoms with Crippen molar-refractivity contribution in [1.82, 2.24) is 5.32 Å². The molecular weight excluding hydrogens is 262 g/mol. The van der Waals surface area contributed by atoms with E-state index in [9.17, 15) is 0 Å². The summed E-state index contributed by atoms with van der Waals surface area (Å²) in [4.78, 5) is 1.32. The Balaban J connectivity index is 1.65. The van der Waals surface area contributed by atoms with Crippen molar-refractivity contribution in [3.8, 4) is 0 Å². The molecule has 1 N–H and O–H groups in total. The first kappa shape index (κ1) is 13.5. The number of rotatable bonds is 6. The lowest BCUT2D eigenvalue weighted by atomic mass is 10.2. The second-order valence-corrected chi connectivity index (χ2v) is 5.57. The lowest BCUT2D eigenvalue weighted by molar-refractivity contribution is 0.732. The number of nitrogens with one attached hydrogen (secondary N) is 1. The van der Waals surface area contributed by atoms with Gasteiger partial charge in [0.05, 0.1) is 0 Å². The SMILES string of the molecule is Clc1cccc(CNCCSc2ccccc2)c1. The molecule has 0 fully saturated rings. The first-order valence-corrected chi connectivity index (χ1v) is 7.34. The molecule has 0 spiro atoms. The minimum atomic E-state index is 0.799. The summed E-state index contributed by atoms with van der Waals surface area (Å²) in [6, 6.07) is 18.4. The molecule has 0 aliphatic heterocycles. The van der Waals surface area contributed by atoms with Crippen LogP contribution in [-0.2, 0) is 6.54 Å². The van der Waals surface area contributed by atoms with E-state index in [4.69, 9.17) is 11.6 Å². The highest BCUT2D eigenvalue weighted by Crippen LogP contribution is 2.16. The van der Waals surface area contributed by atoms with Crippen LogP contribution < -0.4 is 5.32 Å². The van der Waals surface area contributed by atoms with Gasteiger partial charge in [-0.3, -0.25) is 0 Å². The molecule has 0 amide bonds. The normalized spacial score (nSPS) is 10.5. The van der Waals surface area contributed by atoms with Gasteiger partial charge < -0.3 is 5.32 Å². The van der Waals surface area contributed by atoms with Crippen molar-refractivity contribution in [2.45, 2.75) is 11.4 Å². The summed E-state index contributed by atoms with van der Waals surface area (Å²) >= 11 is 7.80. The molecule has 2 aromatic carbocycles. The van der Waals surface area contributed by atoms with Gasteiger partial charge in [-0.1, -0.05) is 41.9 Å².